The number of ether oxygens (including phenoxy) is 1. The Labute approximate surface area is 197 Å². The second kappa shape index (κ2) is 10.3. The summed E-state index contributed by atoms with van der Waals surface area (Å²) in [5.74, 6) is 0.431. The molecule has 3 aromatic carbocycles. The van der Waals surface area contributed by atoms with E-state index in [4.69, 9.17) is 27.9 Å². The van der Waals surface area contributed by atoms with Crippen molar-refractivity contribution in [2.45, 2.75) is 13.2 Å². The van der Waals surface area contributed by atoms with Crippen LogP contribution in [-0.2, 0) is 13.2 Å². The molecule has 0 N–H and O–H groups in total. The standard InChI is InChI=1S/C25H23Cl2FN2O2/c26-21-6-9-23(10-7-21)32-17-18-1-3-19(4-2-18)25(31)30-13-11-29(12-14-30)16-20-5-8-22(28)15-24(20)27/h1-10,15H,11-14,16-17H2. The van der Waals surface area contributed by atoms with Gasteiger partial charge in [-0.15, -0.1) is 0 Å². The number of nitrogens with zero attached hydrogens (tertiary/aromatic N) is 2. The summed E-state index contributed by atoms with van der Waals surface area (Å²) in [5, 5.41) is 1.10. The molecule has 1 aliphatic heterocycles. The van der Waals surface area contributed by atoms with Crippen molar-refractivity contribution in [3.8, 4) is 5.75 Å². The lowest BCUT2D eigenvalue weighted by molar-refractivity contribution is 0.0628. The maximum absolute atomic E-state index is 13.2. The first kappa shape index (κ1) is 22.6. The van der Waals surface area contributed by atoms with Gasteiger partial charge in [-0.25, -0.2) is 4.39 Å². The van der Waals surface area contributed by atoms with Crippen molar-refractivity contribution in [1.29, 1.82) is 0 Å². The summed E-state index contributed by atoms with van der Waals surface area (Å²) in [4.78, 5) is 17.0. The van der Waals surface area contributed by atoms with Crippen LogP contribution in [-0.4, -0.2) is 41.9 Å². The largest absolute Gasteiger partial charge is 0.489 e. The van der Waals surface area contributed by atoms with Gasteiger partial charge in [0.15, 0.2) is 0 Å². The molecule has 0 unspecified atom stereocenters. The third kappa shape index (κ3) is 5.80. The van der Waals surface area contributed by atoms with E-state index in [0.717, 1.165) is 30.0 Å². The quantitative estimate of drug-likeness (QED) is 0.463. The van der Waals surface area contributed by atoms with Crippen LogP contribution >= 0.6 is 23.2 Å². The summed E-state index contributed by atoms with van der Waals surface area (Å²) in [6.07, 6.45) is 0. The lowest BCUT2D eigenvalue weighted by atomic mass is 10.1. The molecule has 0 saturated carbocycles. The number of hydrogen-bond acceptors (Lipinski definition) is 3. The van der Waals surface area contributed by atoms with Gasteiger partial charge in [0.25, 0.3) is 5.91 Å². The summed E-state index contributed by atoms with van der Waals surface area (Å²) < 4.78 is 19.0. The lowest BCUT2D eigenvalue weighted by Gasteiger charge is -2.35. The zero-order chi connectivity index (χ0) is 22.5. The molecule has 0 bridgehead atoms. The van der Waals surface area contributed by atoms with E-state index in [2.05, 4.69) is 4.90 Å². The molecule has 4 nitrogen and oxygen atoms in total. The molecule has 0 aliphatic carbocycles. The summed E-state index contributed by atoms with van der Waals surface area (Å²) in [6, 6.07) is 19.2. The topological polar surface area (TPSA) is 32.8 Å². The van der Waals surface area contributed by atoms with E-state index in [1.165, 1.54) is 12.1 Å². The van der Waals surface area contributed by atoms with Crippen LogP contribution in [0.3, 0.4) is 0 Å². The van der Waals surface area contributed by atoms with Crippen LogP contribution in [0, 0.1) is 5.82 Å². The summed E-state index contributed by atoms with van der Waals surface area (Å²) in [6.45, 7) is 3.82. The van der Waals surface area contributed by atoms with Crippen LogP contribution < -0.4 is 4.74 Å². The van der Waals surface area contributed by atoms with Gasteiger partial charge in [-0.2, -0.15) is 0 Å². The van der Waals surface area contributed by atoms with E-state index in [-0.39, 0.29) is 11.7 Å². The molecule has 0 atom stereocenters. The maximum Gasteiger partial charge on any atom is 0.253 e. The highest BCUT2D eigenvalue weighted by Crippen LogP contribution is 2.21. The van der Waals surface area contributed by atoms with Gasteiger partial charge in [0.05, 0.1) is 0 Å². The predicted octanol–water partition coefficient (Wildman–Crippen LogP) is 5.67. The van der Waals surface area contributed by atoms with Crippen LogP contribution in [0.15, 0.2) is 66.7 Å². The Morgan fingerprint density at radius 1 is 0.906 bits per heavy atom. The van der Waals surface area contributed by atoms with Gasteiger partial charge >= 0.3 is 0 Å². The molecule has 3 aromatic rings. The van der Waals surface area contributed by atoms with Gasteiger partial charge in [0.1, 0.15) is 18.2 Å². The molecular formula is C25H23Cl2FN2O2. The van der Waals surface area contributed by atoms with E-state index in [1.807, 2.05) is 41.3 Å². The molecule has 32 heavy (non-hydrogen) atoms. The maximum atomic E-state index is 13.2. The molecule has 4 rings (SSSR count). The number of piperazine rings is 1. The van der Waals surface area contributed by atoms with E-state index < -0.39 is 0 Å². The molecule has 1 amide bonds. The van der Waals surface area contributed by atoms with Crippen molar-refractivity contribution < 1.29 is 13.9 Å². The molecule has 0 spiro atoms. The minimum Gasteiger partial charge on any atom is -0.489 e. The molecule has 1 heterocycles. The van der Waals surface area contributed by atoms with Crippen molar-refractivity contribution in [1.82, 2.24) is 9.80 Å². The van der Waals surface area contributed by atoms with Crippen molar-refractivity contribution in [3.63, 3.8) is 0 Å². The van der Waals surface area contributed by atoms with Crippen LogP contribution in [0.5, 0.6) is 5.75 Å². The molecule has 0 radical (unpaired) electrons. The minimum absolute atomic E-state index is 0.0228. The van der Waals surface area contributed by atoms with E-state index in [0.29, 0.717) is 41.8 Å². The van der Waals surface area contributed by atoms with Gasteiger partial charge in [-0.05, 0) is 59.7 Å². The monoisotopic (exact) mass is 472 g/mol. The van der Waals surface area contributed by atoms with Crippen LogP contribution in [0.25, 0.3) is 0 Å². The first-order valence-corrected chi connectivity index (χ1v) is 11.2. The molecule has 1 fully saturated rings. The predicted molar refractivity (Wildman–Crippen MR) is 125 cm³/mol. The number of benzene rings is 3. The van der Waals surface area contributed by atoms with Gasteiger partial charge < -0.3 is 9.64 Å². The number of hydrogen-bond donors (Lipinski definition) is 0. The van der Waals surface area contributed by atoms with Gasteiger partial charge in [-0.1, -0.05) is 41.4 Å². The Morgan fingerprint density at radius 3 is 2.25 bits per heavy atom. The highest BCUT2D eigenvalue weighted by molar-refractivity contribution is 6.31. The molecule has 1 saturated heterocycles. The normalized spacial score (nSPS) is 14.4. The third-order valence-electron chi connectivity index (χ3n) is 5.49. The Balaban J connectivity index is 1.27. The van der Waals surface area contributed by atoms with Gasteiger partial charge in [-0.3, -0.25) is 9.69 Å². The SMILES string of the molecule is O=C(c1ccc(COc2ccc(Cl)cc2)cc1)N1CCN(Cc2ccc(F)cc2Cl)CC1. The lowest BCUT2D eigenvalue weighted by Crippen LogP contribution is -2.48. The highest BCUT2D eigenvalue weighted by atomic mass is 35.5. The van der Waals surface area contributed by atoms with E-state index in [1.54, 1.807) is 18.2 Å². The third-order valence-corrected chi connectivity index (χ3v) is 6.09. The van der Waals surface area contributed by atoms with E-state index >= 15 is 0 Å². The Morgan fingerprint density at radius 2 is 1.59 bits per heavy atom. The van der Waals surface area contributed by atoms with Crippen molar-refractivity contribution in [3.05, 3.63) is 99.3 Å². The molecule has 0 aromatic heterocycles. The molecular weight excluding hydrogens is 450 g/mol. The summed E-state index contributed by atoms with van der Waals surface area (Å²) in [5.41, 5.74) is 2.54. The zero-order valence-corrected chi connectivity index (χ0v) is 19.0. The van der Waals surface area contributed by atoms with Crippen LogP contribution in [0.1, 0.15) is 21.5 Å². The highest BCUT2D eigenvalue weighted by Gasteiger charge is 2.22. The number of halogens is 3. The van der Waals surface area contributed by atoms with Crippen molar-refractivity contribution in [2.75, 3.05) is 26.2 Å². The second-order valence-electron chi connectivity index (χ2n) is 7.74. The molecule has 7 heteroatoms. The summed E-state index contributed by atoms with van der Waals surface area (Å²) >= 11 is 12.0. The summed E-state index contributed by atoms with van der Waals surface area (Å²) in [7, 11) is 0. The zero-order valence-electron chi connectivity index (χ0n) is 17.4. The first-order chi connectivity index (χ1) is 15.5. The minimum atomic E-state index is -0.336. The van der Waals surface area contributed by atoms with Crippen LogP contribution in [0.2, 0.25) is 10.0 Å². The number of carbonyl (C=O) groups is 1. The van der Waals surface area contributed by atoms with Gasteiger partial charge in [0.2, 0.25) is 0 Å². The van der Waals surface area contributed by atoms with E-state index in [9.17, 15) is 9.18 Å². The van der Waals surface area contributed by atoms with Crippen LogP contribution in [0.4, 0.5) is 4.39 Å². The smallest absolute Gasteiger partial charge is 0.253 e. The number of rotatable bonds is 6. The molecule has 1 aliphatic rings. The fourth-order valence-corrected chi connectivity index (χ4v) is 3.98. The first-order valence-electron chi connectivity index (χ1n) is 10.4. The Bertz CT molecular complexity index is 1070. The second-order valence-corrected chi connectivity index (χ2v) is 8.59. The number of amides is 1. The fourth-order valence-electron chi connectivity index (χ4n) is 3.62. The van der Waals surface area contributed by atoms with Crippen molar-refractivity contribution in [2.24, 2.45) is 0 Å². The number of carbonyl (C=O) groups excluding carboxylic acids is 1. The molecule has 166 valence electrons. The average Bonchev–Trinajstić information content (AvgIpc) is 2.81. The average molecular weight is 473 g/mol. The Hall–Kier alpha value is -2.60. The van der Waals surface area contributed by atoms with Crippen molar-refractivity contribution >= 4 is 29.1 Å². The Kier molecular flexibility index (Phi) is 7.30. The van der Waals surface area contributed by atoms with Gasteiger partial charge in [0, 0.05) is 48.3 Å². The fraction of sp³-hybridized carbons (Fsp3) is 0.240.